The van der Waals surface area contributed by atoms with Gasteiger partial charge in [0.1, 0.15) is 11.6 Å². The number of hydrogen-bond donors (Lipinski definition) is 2. The van der Waals surface area contributed by atoms with Crippen molar-refractivity contribution in [1.82, 2.24) is 19.8 Å². The second-order valence-corrected chi connectivity index (χ2v) is 9.43. The van der Waals surface area contributed by atoms with Gasteiger partial charge in [0.05, 0.1) is 23.0 Å². The van der Waals surface area contributed by atoms with E-state index >= 15 is 0 Å². The first-order valence-corrected chi connectivity index (χ1v) is 12.3. The Labute approximate surface area is 210 Å². The monoisotopic (exact) mass is 482 g/mol. The fourth-order valence-electron chi connectivity index (χ4n) is 4.91. The number of benzene rings is 3. The molecule has 0 spiro atoms. The highest BCUT2D eigenvalue weighted by molar-refractivity contribution is 5.89. The van der Waals surface area contributed by atoms with E-state index in [1.54, 1.807) is 17.0 Å². The van der Waals surface area contributed by atoms with Crippen LogP contribution in [-0.2, 0) is 29.5 Å². The number of phenols is 1. The summed E-state index contributed by atoms with van der Waals surface area (Å²) in [6, 6.07) is 24.7. The van der Waals surface area contributed by atoms with E-state index in [1.807, 2.05) is 78.3 Å². The van der Waals surface area contributed by atoms with Crippen LogP contribution in [0.1, 0.15) is 29.4 Å². The number of carbonyl (C=O) groups excluding carboxylic acids is 2. The number of para-hydroxylation sites is 2. The number of aromatic nitrogens is 2. The predicted molar refractivity (Wildman–Crippen MR) is 138 cm³/mol. The SMILES string of the molecule is Cn1c([C@@H](Cc2ccccc2)NC(=O)[C@@H]2CC(=O)N(CCc3ccc(O)cc3)C2)nc2ccccc21. The van der Waals surface area contributed by atoms with Crippen molar-refractivity contribution in [3.8, 4) is 5.75 Å². The van der Waals surface area contributed by atoms with E-state index in [4.69, 9.17) is 4.98 Å². The molecule has 1 saturated heterocycles. The number of aryl methyl sites for hydroxylation is 1. The number of rotatable bonds is 8. The molecule has 5 rings (SSSR count). The van der Waals surface area contributed by atoms with Crippen LogP contribution in [0, 0.1) is 5.92 Å². The quantitative estimate of drug-likeness (QED) is 0.400. The number of amides is 2. The molecule has 4 aromatic rings. The van der Waals surface area contributed by atoms with E-state index in [9.17, 15) is 14.7 Å². The van der Waals surface area contributed by atoms with Crippen LogP contribution < -0.4 is 5.32 Å². The molecule has 7 heteroatoms. The van der Waals surface area contributed by atoms with Gasteiger partial charge in [-0.3, -0.25) is 9.59 Å². The second kappa shape index (κ2) is 10.2. The number of fused-ring (bicyclic) bond motifs is 1. The zero-order valence-corrected chi connectivity index (χ0v) is 20.3. The van der Waals surface area contributed by atoms with Crippen LogP contribution in [0.25, 0.3) is 11.0 Å². The van der Waals surface area contributed by atoms with E-state index in [-0.39, 0.29) is 30.0 Å². The number of hydrogen-bond acceptors (Lipinski definition) is 4. The minimum Gasteiger partial charge on any atom is -0.508 e. The lowest BCUT2D eigenvalue weighted by molar-refractivity contribution is -0.129. The highest BCUT2D eigenvalue weighted by atomic mass is 16.3. The molecular weight excluding hydrogens is 452 g/mol. The average molecular weight is 483 g/mol. The topological polar surface area (TPSA) is 87.5 Å². The number of aromatic hydroxyl groups is 1. The third-order valence-electron chi connectivity index (χ3n) is 6.92. The van der Waals surface area contributed by atoms with Gasteiger partial charge >= 0.3 is 0 Å². The summed E-state index contributed by atoms with van der Waals surface area (Å²) in [4.78, 5) is 32.7. The lowest BCUT2D eigenvalue weighted by Crippen LogP contribution is -2.37. The van der Waals surface area contributed by atoms with Crippen molar-refractivity contribution >= 4 is 22.8 Å². The molecule has 1 aromatic heterocycles. The molecule has 0 aliphatic carbocycles. The third kappa shape index (κ3) is 5.10. The fourth-order valence-corrected chi connectivity index (χ4v) is 4.91. The molecule has 0 bridgehead atoms. The number of nitrogens with zero attached hydrogens (tertiary/aromatic N) is 3. The molecule has 2 heterocycles. The summed E-state index contributed by atoms with van der Waals surface area (Å²) in [6.07, 6.45) is 1.49. The molecule has 0 radical (unpaired) electrons. The van der Waals surface area contributed by atoms with Gasteiger partial charge in [-0.1, -0.05) is 54.6 Å². The minimum atomic E-state index is -0.398. The number of nitrogens with one attached hydrogen (secondary N) is 1. The van der Waals surface area contributed by atoms with Crippen LogP contribution in [0.4, 0.5) is 0 Å². The van der Waals surface area contributed by atoms with E-state index in [0.29, 0.717) is 25.9 Å². The normalized spacial score (nSPS) is 16.4. The Balaban J connectivity index is 1.30. The Bertz CT molecular complexity index is 1360. The average Bonchev–Trinajstić information content (AvgIpc) is 3.43. The Morgan fingerprint density at radius 2 is 1.75 bits per heavy atom. The van der Waals surface area contributed by atoms with Gasteiger partial charge in [-0.2, -0.15) is 0 Å². The van der Waals surface area contributed by atoms with Crippen molar-refractivity contribution in [2.45, 2.75) is 25.3 Å². The molecule has 1 aliphatic heterocycles. The molecule has 36 heavy (non-hydrogen) atoms. The lowest BCUT2D eigenvalue weighted by atomic mass is 10.0. The Morgan fingerprint density at radius 1 is 1.03 bits per heavy atom. The van der Waals surface area contributed by atoms with Gasteiger partial charge in [0, 0.05) is 26.6 Å². The van der Waals surface area contributed by atoms with Gasteiger partial charge in [-0.05, 0) is 48.2 Å². The molecule has 0 unspecified atom stereocenters. The second-order valence-electron chi connectivity index (χ2n) is 9.43. The van der Waals surface area contributed by atoms with Gasteiger partial charge in [0.25, 0.3) is 0 Å². The van der Waals surface area contributed by atoms with Crippen LogP contribution in [-0.4, -0.2) is 44.5 Å². The first-order chi connectivity index (χ1) is 17.5. The largest absolute Gasteiger partial charge is 0.508 e. The summed E-state index contributed by atoms with van der Waals surface area (Å²) in [5.41, 5.74) is 4.04. The van der Waals surface area contributed by atoms with Gasteiger partial charge in [-0.25, -0.2) is 4.98 Å². The summed E-state index contributed by atoms with van der Waals surface area (Å²) in [5, 5.41) is 12.7. The maximum absolute atomic E-state index is 13.4. The van der Waals surface area contributed by atoms with Crippen molar-refractivity contribution < 1.29 is 14.7 Å². The molecule has 1 aliphatic rings. The molecule has 2 atom stereocenters. The van der Waals surface area contributed by atoms with Crippen LogP contribution >= 0.6 is 0 Å². The van der Waals surface area contributed by atoms with Gasteiger partial charge in [0.15, 0.2) is 0 Å². The lowest BCUT2D eigenvalue weighted by Gasteiger charge is -2.21. The molecule has 2 N–H and O–H groups in total. The summed E-state index contributed by atoms with van der Waals surface area (Å²) in [6.45, 7) is 0.953. The van der Waals surface area contributed by atoms with E-state index in [1.165, 1.54) is 0 Å². The predicted octanol–water partition coefficient (Wildman–Crippen LogP) is 3.77. The fraction of sp³-hybridized carbons (Fsp3) is 0.276. The first kappa shape index (κ1) is 23.6. The van der Waals surface area contributed by atoms with E-state index < -0.39 is 5.92 Å². The molecule has 3 aromatic carbocycles. The van der Waals surface area contributed by atoms with E-state index in [2.05, 4.69) is 5.32 Å². The highest BCUT2D eigenvalue weighted by Gasteiger charge is 2.35. The molecule has 1 fully saturated rings. The Kier molecular flexibility index (Phi) is 6.71. The summed E-state index contributed by atoms with van der Waals surface area (Å²) < 4.78 is 2.03. The zero-order valence-electron chi connectivity index (χ0n) is 20.3. The van der Waals surface area contributed by atoms with Crippen LogP contribution in [0.5, 0.6) is 5.75 Å². The summed E-state index contributed by atoms with van der Waals surface area (Å²) in [5.74, 6) is 0.491. The molecule has 184 valence electrons. The van der Waals surface area contributed by atoms with Crippen molar-refractivity contribution in [3.05, 3.63) is 95.8 Å². The standard InChI is InChI=1S/C29H30N4O3/c1-32-26-10-6-5-9-24(26)30-28(32)25(17-21-7-3-2-4-8-21)31-29(36)22-18-27(35)33(19-22)16-15-20-11-13-23(34)14-12-20/h2-14,22,25,34H,15-19H2,1H3,(H,31,36)/t22-,25-/m1/s1. The minimum absolute atomic E-state index is 0.00346. The maximum Gasteiger partial charge on any atom is 0.226 e. The van der Waals surface area contributed by atoms with Crippen molar-refractivity contribution in [2.75, 3.05) is 13.1 Å². The molecule has 0 saturated carbocycles. The third-order valence-corrected chi connectivity index (χ3v) is 6.92. The molecular formula is C29H30N4O3. The van der Waals surface area contributed by atoms with Crippen LogP contribution in [0.15, 0.2) is 78.9 Å². The number of imidazole rings is 1. The Hall–Kier alpha value is -4.13. The molecule has 2 amide bonds. The van der Waals surface area contributed by atoms with Gasteiger partial charge < -0.3 is 19.9 Å². The molecule has 7 nitrogen and oxygen atoms in total. The highest BCUT2D eigenvalue weighted by Crippen LogP contribution is 2.25. The van der Waals surface area contributed by atoms with Crippen molar-refractivity contribution in [3.63, 3.8) is 0 Å². The smallest absolute Gasteiger partial charge is 0.226 e. The van der Waals surface area contributed by atoms with Crippen molar-refractivity contribution in [1.29, 1.82) is 0 Å². The maximum atomic E-state index is 13.4. The van der Waals surface area contributed by atoms with Crippen LogP contribution in [0.3, 0.4) is 0 Å². The summed E-state index contributed by atoms with van der Waals surface area (Å²) >= 11 is 0. The zero-order chi connectivity index (χ0) is 25.1. The summed E-state index contributed by atoms with van der Waals surface area (Å²) in [7, 11) is 1.97. The number of phenolic OH excluding ortho intramolecular Hbond substituents is 1. The van der Waals surface area contributed by atoms with E-state index in [0.717, 1.165) is 28.0 Å². The van der Waals surface area contributed by atoms with Crippen molar-refractivity contribution in [2.24, 2.45) is 13.0 Å². The van der Waals surface area contributed by atoms with Gasteiger partial charge in [-0.15, -0.1) is 0 Å². The first-order valence-electron chi connectivity index (χ1n) is 12.3. The number of carbonyl (C=O) groups is 2. The number of likely N-dealkylation sites (tertiary alicyclic amines) is 1. The van der Waals surface area contributed by atoms with Gasteiger partial charge in [0.2, 0.25) is 11.8 Å². The Morgan fingerprint density at radius 3 is 2.50 bits per heavy atom. The van der Waals surface area contributed by atoms with Crippen LogP contribution in [0.2, 0.25) is 0 Å².